The van der Waals surface area contributed by atoms with E-state index in [1.807, 2.05) is 6.92 Å². The highest BCUT2D eigenvalue weighted by atomic mass is 16.4. The predicted octanol–water partition coefficient (Wildman–Crippen LogP) is 0.826. The first-order chi connectivity index (χ1) is 7.86. The zero-order chi connectivity index (χ0) is 13.2. The molecular weight excluding hydrogens is 220 g/mol. The Morgan fingerprint density at radius 3 is 2.47 bits per heavy atom. The quantitative estimate of drug-likeness (QED) is 0.764. The van der Waals surface area contributed by atoms with Crippen molar-refractivity contribution in [1.82, 2.24) is 4.90 Å². The van der Waals surface area contributed by atoms with Gasteiger partial charge in [-0.3, -0.25) is 4.79 Å². The summed E-state index contributed by atoms with van der Waals surface area (Å²) >= 11 is 0. The van der Waals surface area contributed by atoms with Crippen LogP contribution in [0.3, 0.4) is 0 Å². The van der Waals surface area contributed by atoms with Gasteiger partial charge in [0.25, 0.3) is 0 Å². The molecule has 0 aromatic rings. The Hall–Kier alpha value is -1.10. The molecule has 0 aliphatic carbocycles. The molecule has 3 N–H and O–H groups in total. The number of carbonyl (C=O) groups is 2. The summed E-state index contributed by atoms with van der Waals surface area (Å²) in [5.74, 6) is -1.37. The minimum atomic E-state index is -1.01. The average Bonchev–Trinajstić information content (AvgIpc) is 2.71. The van der Waals surface area contributed by atoms with Crippen molar-refractivity contribution in [2.24, 2.45) is 11.7 Å². The first-order valence-electron chi connectivity index (χ1n) is 6.17. The van der Waals surface area contributed by atoms with E-state index in [0.717, 1.165) is 6.42 Å². The third-order valence-electron chi connectivity index (χ3n) is 3.92. The van der Waals surface area contributed by atoms with Crippen molar-refractivity contribution in [2.75, 3.05) is 6.54 Å². The number of carboxylic acids is 1. The molecule has 1 rings (SSSR count). The number of rotatable bonds is 4. The van der Waals surface area contributed by atoms with E-state index in [-0.39, 0.29) is 17.9 Å². The van der Waals surface area contributed by atoms with E-state index in [1.54, 1.807) is 13.8 Å². The molecule has 1 fully saturated rings. The SMILES string of the molecule is CCC1(C(=O)O)CCCN1C(=O)C(C)C(C)N. The molecule has 1 aliphatic rings. The number of carboxylic acid groups (broad SMARTS) is 1. The fourth-order valence-electron chi connectivity index (χ4n) is 2.41. The number of hydrogen-bond acceptors (Lipinski definition) is 3. The van der Waals surface area contributed by atoms with Crippen LogP contribution in [-0.2, 0) is 9.59 Å². The van der Waals surface area contributed by atoms with Crippen molar-refractivity contribution >= 4 is 11.9 Å². The van der Waals surface area contributed by atoms with Crippen molar-refractivity contribution in [3.63, 3.8) is 0 Å². The van der Waals surface area contributed by atoms with E-state index in [0.29, 0.717) is 19.4 Å². The Kier molecular flexibility index (Phi) is 4.14. The summed E-state index contributed by atoms with van der Waals surface area (Å²) in [5.41, 5.74) is 4.70. The summed E-state index contributed by atoms with van der Waals surface area (Å²) in [6.07, 6.45) is 1.73. The molecule has 0 aromatic heterocycles. The molecule has 3 unspecified atom stereocenters. The summed E-state index contributed by atoms with van der Waals surface area (Å²) in [6, 6.07) is -0.258. The topological polar surface area (TPSA) is 83.6 Å². The van der Waals surface area contributed by atoms with Gasteiger partial charge in [0.05, 0.1) is 5.92 Å². The first-order valence-corrected chi connectivity index (χ1v) is 6.17. The Labute approximate surface area is 102 Å². The van der Waals surface area contributed by atoms with Crippen molar-refractivity contribution in [1.29, 1.82) is 0 Å². The summed E-state index contributed by atoms with van der Waals surface area (Å²) < 4.78 is 0. The lowest BCUT2D eigenvalue weighted by Crippen LogP contribution is -2.55. The van der Waals surface area contributed by atoms with Crippen LogP contribution >= 0.6 is 0 Å². The van der Waals surface area contributed by atoms with Gasteiger partial charge in [0.1, 0.15) is 5.54 Å². The number of nitrogens with two attached hydrogens (primary N) is 1. The van der Waals surface area contributed by atoms with Gasteiger partial charge in [-0.2, -0.15) is 0 Å². The second-order valence-corrected chi connectivity index (χ2v) is 4.93. The molecule has 0 radical (unpaired) electrons. The second kappa shape index (κ2) is 5.04. The zero-order valence-corrected chi connectivity index (χ0v) is 10.8. The Morgan fingerprint density at radius 1 is 1.47 bits per heavy atom. The van der Waals surface area contributed by atoms with Gasteiger partial charge < -0.3 is 15.7 Å². The highest BCUT2D eigenvalue weighted by molar-refractivity contribution is 5.89. The summed E-state index contributed by atoms with van der Waals surface area (Å²) in [5, 5.41) is 9.38. The fourth-order valence-corrected chi connectivity index (χ4v) is 2.41. The van der Waals surface area contributed by atoms with Crippen LogP contribution in [0.2, 0.25) is 0 Å². The minimum absolute atomic E-state index is 0.137. The van der Waals surface area contributed by atoms with Crippen LogP contribution in [0.4, 0.5) is 0 Å². The number of likely N-dealkylation sites (tertiary alicyclic amines) is 1. The van der Waals surface area contributed by atoms with E-state index >= 15 is 0 Å². The van der Waals surface area contributed by atoms with Gasteiger partial charge in [-0.15, -0.1) is 0 Å². The van der Waals surface area contributed by atoms with Gasteiger partial charge in [-0.25, -0.2) is 4.79 Å². The maximum absolute atomic E-state index is 12.2. The highest BCUT2D eigenvalue weighted by Crippen LogP contribution is 2.34. The largest absolute Gasteiger partial charge is 0.479 e. The van der Waals surface area contributed by atoms with Gasteiger partial charge in [0.2, 0.25) is 5.91 Å². The number of nitrogens with zero attached hydrogens (tertiary/aromatic N) is 1. The van der Waals surface area contributed by atoms with Crippen molar-refractivity contribution in [3.8, 4) is 0 Å². The average molecular weight is 242 g/mol. The lowest BCUT2D eigenvalue weighted by atomic mass is 9.91. The standard InChI is InChI=1S/C12H22N2O3/c1-4-12(11(16)17)6-5-7-14(12)10(15)8(2)9(3)13/h8-9H,4-7,13H2,1-3H3,(H,16,17). The zero-order valence-electron chi connectivity index (χ0n) is 10.8. The third kappa shape index (κ3) is 2.29. The highest BCUT2D eigenvalue weighted by Gasteiger charge is 2.49. The van der Waals surface area contributed by atoms with Crippen molar-refractivity contribution < 1.29 is 14.7 Å². The minimum Gasteiger partial charge on any atom is -0.479 e. The van der Waals surface area contributed by atoms with Gasteiger partial charge in [-0.1, -0.05) is 13.8 Å². The number of hydrogen-bond donors (Lipinski definition) is 2. The van der Waals surface area contributed by atoms with Crippen LogP contribution in [0, 0.1) is 5.92 Å². The van der Waals surface area contributed by atoms with Crippen molar-refractivity contribution in [3.05, 3.63) is 0 Å². The molecule has 0 spiro atoms. The van der Waals surface area contributed by atoms with Crippen LogP contribution in [0.5, 0.6) is 0 Å². The van der Waals surface area contributed by atoms with Crippen LogP contribution < -0.4 is 5.73 Å². The smallest absolute Gasteiger partial charge is 0.329 e. The summed E-state index contributed by atoms with van der Waals surface area (Å²) in [4.78, 5) is 25.2. The molecule has 17 heavy (non-hydrogen) atoms. The molecule has 5 nitrogen and oxygen atoms in total. The van der Waals surface area contributed by atoms with E-state index in [4.69, 9.17) is 5.73 Å². The number of carbonyl (C=O) groups excluding carboxylic acids is 1. The molecule has 1 saturated heterocycles. The van der Waals surface area contributed by atoms with Gasteiger partial charge in [-0.05, 0) is 26.2 Å². The molecule has 3 atom stereocenters. The van der Waals surface area contributed by atoms with Crippen LogP contribution in [0.1, 0.15) is 40.0 Å². The monoisotopic (exact) mass is 242 g/mol. The summed E-state index contributed by atoms with van der Waals surface area (Å²) in [7, 11) is 0. The lowest BCUT2D eigenvalue weighted by molar-refractivity contribution is -0.158. The predicted molar refractivity (Wildman–Crippen MR) is 64.4 cm³/mol. The molecule has 98 valence electrons. The Bertz CT molecular complexity index is 317. The van der Waals surface area contributed by atoms with E-state index in [2.05, 4.69) is 0 Å². The summed E-state index contributed by atoms with van der Waals surface area (Å²) in [6.45, 7) is 5.87. The third-order valence-corrected chi connectivity index (χ3v) is 3.92. The lowest BCUT2D eigenvalue weighted by Gasteiger charge is -2.36. The van der Waals surface area contributed by atoms with Crippen LogP contribution in [0.25, 0.3) is 0 Å². The second-order valence-electron chi connectivity index (χ2n) is 4.93. The maximum Gasteiger partial charge on any atom is 0.329 e. The molecular formula is C12H22N2O3. The Morgan fingerprint density at radius 2 is 2.06 bits per heavy atom. The van der Waals surface area contributed by atoms with Crippen molar-refractivity contribution in [2.45, 2.75) is 51.6 Å². The molecule has 1 aliphatic heterocycles. The van der Waals surface area contributed by atoms with E-state index < -0.39 is 11.5 Å². The number of amides is 1. The van der Waals surface area contributed by atoms with E-state index in [1.165, 1.54) is 4.90 Å². The fraction of sp³-hybridized carbons (Fsp3) is 0.833. The van der Waals surface area contributed by atoms with E-state index in [9.17, 15) is 14.7 Å². The Balaban J connectivity index is 2.96. The van der Waals surface area contributed by atoms with Gasteiger partial charge in [0, 0.05) is 12.6 Å². The maximum atomic E-state index is 12.2. The molecule has 0 aromatic carbocycles. The number of aliphatic carboxylic acids is 1. The molecule has 0 saturated carbocycles. The normalized spacial score (nSPS) is 27.9. The molecule has 1 amide bonds. The van der Waals surface area contributed by atoms with Crippen LogP contribution in [0.15, 0.2) is 0 Å². The van der Waals surface area contributed by atoms with Gasteiger partial charge >= 0.3 is 5.97 Å². The molecule has 5 heteroatoms. The first kappa shape index (κ1) is 14.0. The molecule has 0 bridgehead atoms. The van der Waals surface area contributed by atoms with Gasteiger partial charge in [0.15, 0.2) is 0 Å². The molecule has 1 heterocycles. The van der Waals surface area contributed by atoms with Crippen LogP contribution in [-0.4, -0.2) is 40.0 Å².